The first kappa shape index (κ1) is 17.5. The minimum Gasteiger partial charge on any atom is -0.383 e. The number of nitrogens with zero attached hydrogens (tertiary/aromatic N) is 2. The van der Waals surface area contributed by atoms with Crippen LogP contribution in [-0.2, 0) is 16.1 Å². The Morgan fingerprint density at radius 3 is 2.84 bits per heavy atom. The van der Waals surface area contributed by atoms with Gasteiger partial charge in [0.05, 0.1) is 6.61 Å². The number of carbonyl (C=O) groups excluding carboxylic acids is 2. The zero-order valence-corrected chi connectivity index (χ0v) is 14.6. The summed E-state index contributed by atoms with van der Waals surface area (Å²) in [6.45, 7) is 1.81. The molecule has 6 nitrogen and oxygen atoms in total. The van der Waals surface area contributed by atoms with E-state index >= 15 is 0 Å². The standard InChI is InChI=1S/C19H25N3O3/c1-25-11-10-22-16-8-3-2-6-14(16)12-17(22)19(24)21-9-5-4-7-15(21)13-18(20)23/h2-3,6,8,12,15H,4-5,7,9-11,13H2,1H3,(H2,20,23)/t15-/m1/s1. The number of nitrogens with two attached hydrogens (primary N) is 1. The molecule has 1 aromatic heterocycles. The Balaban J connectivity index is 1.96. The quantitative estimate of drug-likeness (QED) is 0.873. The molecule has 134 valence electrons. The van der Waals surface area contributed by atoms with E-state index in [2.05, 4.69) is 0 Å². The molecule has 2 heterocycles. The molecule has 0 spiro atoms. The summed E-state index contributed by atoms with van der Waals surface area (Å²) in [5, 5.41) is 1.03. The van der Waals surface area contributed by atoms with Crippen LogP contribution in [0.25, 0.3) is 10.9 Å². The zero-order valence-electron chi connectivity index (χ0n) is 14.6. The van der Waals surface area contributed by atoms with Crippen molar-refractivity contribution in [1.29, 1.82) is 0 Å². The van der Waals surface area contributed by atoms with Crippen molar-refractivity contribution in [2.24, 2.45) is 5.73 Å². The number of carbonyl (C=O) groups is 2. The summed E-state index contributed by atoms with van der Waals surface area (Å²) in [5.41, 5.74) is 7.05. The van der Waals surface area contributed by atoms with Crippen molar-refractivity contribution in [3.8, 4) is 0 Å². The fraction of sp³-hybridized carbons (Fsp3) is 0.474. The lowest BCUT2D eigenvalue weighted by molar-refractivity contribution is -0.119. The maximum absolute atomic E-state index is 13.3. The fourth-order valence-corrected chi connectivity index (χ4v) is 3.67. The molecule has 0 saturated carbocycles. The summed E-state index contributed by atoms with van der Waals surface area (Å²) in [6.07, 6.45) is 3.03. The van der Waals surface area contributed by atoms with Gasteiger partial charge >= 0.3 is 0 Å². The van der Waals surface area contributed by atoms with Gasteiger partial charge in [0, 0.05) is 43.6 Å². The number of aromatic nitrogens is 1. The maximum Gasteiger partial charge on any atom is 0.270 e. The molecule has 1 atom stereocenters. The number of methoxy groups -OCH3 is 1. The Labute approximate surface area is 147 Å². The van der Waals surface area contributed by atoms with Crippen molar-refractivity contribution in [2.45, 2.75) is 38.3 Å². The van der Waals surface area contributed by atoms with Crippen LogP contribution < -0.4 is 5.73 Å². The minimum absolute atomic E-state index is 0.0294. The highest BCUT2D eigenvalue weighted by atomic mass is 16.5. The number of amides is 2. The number of ether oxygens (including phenoxy) is 1. The van der Waals surface area contributed by atoms with E-state index in [-0.39, 0.29) is 24.3 Å². The molecule has 6 heteroatoms. The molecule has 25 heavy (non-hydrogen) atoms. The second kappa shape index (κ2) is 7.70. The lowest BCUT2D eigenvalue weighted by Crippen LogP contribution is -2.46. The Morgan fingerprint density at radius 1 is 1.28 bits per heavy atom. The van der Waals surface area contributed by atoms with Gasteiger partial charge in [-0.3, -0.25) is 9.59 Å². The lowest BCUT2D eigenvalue weighted by atomic mass is 9.98. The molecule has 2 aromatic rings. The van der Waals surface area contributed by atoms with Gasteiger partial charge in [-0.25, -0.2) is 0 Å². The van der Waals surface area contributed by atoms with Crippen LogP contribution in [0.4, 0.5) is 0 Å². The van der Waals surface area contributed by atoms with Gasteiger partial charge in [0.1, 0.15) is 5.69 Å². The van der Waals surface area contributed by atoms with Gasteiger partial charge in [-0.1, -0.05) is 18.2 Å². The van der Waals surface area contributed by atoms with Gasteiger partial charge in [0.2, 0.25) is 5.91 Å². The van der Waals surface area contributed by atoms with Crippen molar-refractivity contribution in [2.75, 3.05) is 20.3 Å². The predicted molar refractivity (Wildman–Crippen MR) is 96.3 cm³/mol. The summed E-state index contributed by atoms with van der Waals surface area (Å²) in [4.78, 5) is 26.5. The van der Waals surface area contributed by atoms with Crippen molar-refractivity contribution < 1.29 is 14.3 Å². The normalized spacial score (nSPS) is 17.8. The highest BCUT2D eigenvalue weighted by molar-refractivity contribution is 5.99. The summed E-state index contributed by atoms with van der Waals surface area (Å²) in [5.74, 6) is -0.386. The van der Waals surface area contributed by atoms with E-state index in [1.54, 1.807) is 7.11 Å². The second-order valence-electron chi connectivity index (χ2n) is 6.55. The SMILES string of the molecule is COCCn1c(C(=O)N2CCCC[C@@H]2CC(N)=O)cc2ccccc21. The second-order valence-corrected chi connectivity index (χ2v) is 6.55. The average molecular weight is 343 g/mol. The van der Waals surface area contributed by atoms with E-state index < -0.39 is 0 Å². The van der Waals surface area contributed by atoms with Crippen LogP contribution >= 0.6 is 0 Å². The number of fused-ring (bicyclic) bond motifs is 1. The first-order valence-electron chi connectivity index (χ1n) is 8.78. The van der Waals surface area contributed by atoms with Crippen molar-refractivity contribution in [3.05, 3.63) is 36.0 Å². The molecule has 0 aliphatic carbocycles. The molecule has 2 amide bonds. The topological polar surface area (TPSA) is 77.6 Å². The van der Waals surface area contributed by atoms with Crippen LogP contribution in [-0.4, -0.2) is 47.6 Å². The van der Waals surface area contributed by atoms with Crippen LogP contribution in [0, 0.1) is 0 Å². The van der Waals surface area contributed by atoms with Crippen molar-refractivity contribution >= 4 is 22.7 Å². The number of rotatable bonds is 6. The van der Waals surface area contributed by atoms with Crippen LogP contribution in [0.3, 0.4) is 0 Å². The third-order valence-corrected chi connectivity index (χ3v) is 4.87. The molecule has 1 saturated heterocycles. The van der Waals surface area contributed by atoms with E-state index in [4.69, 9.17) is 10.5 Å². The lowest BCUT2D eigenvalue weighted by Gasteiger charge is -2.35. The fourth-order valence-electron chi connectivity index (χ4n) is 3.67. The molecule has 2 N–H and O–H groups in total. The van der Waals surface area contributed by atoms with E-state index in [1.807, 2.05) is 39.8 Å². The third-order valence-electron chi connectivity index (χ3n) is 4.87. The molecule has 3 rings (SSSR count). The molecule has 1 aromatic carbocycles. The number of likely N-dealkylation sites (tertiary alicyclic amines) is 1. The number of hydrogen-bond acceptors (Lipinski definition) is 3. The monoisotopic (exact) mass is 343 g/mol. The van der Waals surface area contributed by atoms with Gasteiger partial charge in [-0.2, -0.15) is 0 Å². The molecule has 1 aliphatic rings. The van der Waals surface area contributed by atoms with Gasteiger partial charge in [0.25, 0.3) is 5.91 Å². The van der Waals surface area contributed by atoms with Gasteiger partial charge in [-0.15, -0.1) is 0 Å². The van der Waals surface area contributed by atoms with Gasteiger partial charge in [0.15, 0.2) is 0 Å². The van der Waals surface area contributed by atoms with E-state index in [9.17, 15) is 9.59 Å². The number of benzene rings is 1. The number of piperidine rings is 1. The average Bonchev–Trinajstić information content (AvgIpc) is 2.98. The van der Waals surface area contributed by atoms with Crippen LogP contribution in [0.5, 0.6) is 0 Å². The molecule has 1 aliphatic heterocycles. The molecular formula is C19H25N3O3. The van der Waals surface area contributed by atoms with Gasteiger partial charge < -0.3 is 19.9 Å². The largest absolute Gasteiger partial charge is 0.383 e. The molecular weight excluding hydrogens is 318 g/mol. The zero-order chi connectivity index (χ0) is 17.8. The minimum atomic E-state index is -0.357. The van der Waals surface area contributed by atoms with E-state index in [0.717, 1.165) is 30.2 Å². The summed E-state index contributed by atoms with van der Waals surface area (Å²) >= 11 is 0. The maximum atomic E-state index is 13.3. The van der Waals surface area contributed by atoms with Gasteiger partial charge in [-0.05, 0) is 31.4 Å². The highest BCUT2D eigenvalue weighted by Crippen LogP contribution is 2.25. The summed E-state index contributed by atoms with van der Waals surface area (Å²) in [7, 11) is 1.65. The van der Waals surface area contributed by atoms with E-state index in [0.29, 0.717) is 25.4 Å². The first-order chi connectivity index (χ1) is 12.1. The smallest absolute Gasteiger partial charge is 0.270 e. The Morgan fingerprint density at radius 2 is 2.08 bits per heavy atom. The van der Waals surface area contributed by atoms with Crippen LogP contribution in [0.2, 0.25) is 0 Å². The molecule has 1 fully saturated rings. The Bertz CT molecular complexity index is 768. The van der Waals surface area contributed by atoms with Crippen molar-refractivity contribution in [1.82, 2.24) is 9.47 Å². The third kappa shape index (κ3) is 3.69. The highest BCUT2D eigenvalue weighted by Gasteiger charge is 2.30. The predicted octanol–water partition coefficient (Wildman–Crippen LogP) is 2.16. The summed E-state index contributed by atoms with van der Waals surface area (Å²) < 4.78 is 7.22. The molecule has 0 unspecified atom stereocenters. The Kier molecular flexibility index (Phi) is 5.38. The number of para-hydroxylation sites is 1. The number of primary amides is 1. The summed E-state index contributed by atoms with van der Waals surface area (Å²) in [6, 6.07) is 9.78. The molecule has 0 bridgehead atoms. The number of hydrogen-bond donors (Lipinski definition) is 1. The first-order valence-corrected chi connectivity index (χ1v) is 8.78. The van der Waals surface area contributed by atoms with E-state index in [1.165, 1.54) is 0 Å². The molecule has 0 radical (unpaired) electrons. The van der Waals surface area contributed by atoms with Crippen LogP contribution in [0.15, 0.2) is 30.3 Å². The Hall–Kier alpha value is -2.34. The van der Waals surface area contributed by atoms with Crippen LogP contribution in [0.1, 0.15) is 36.2 Å². The van der Waals surface area contributed by atoms with Crippen molar-refractivity contribution in [3.63, 3.8) is 0 Å².